The minimum Gasteiger partial charge on any atom is -0.478 e. The molecule has 0 amide bonds. The van der Waals surface area contributed by atoms with Gasteiger partial charge in [-0.3, -0.25) is 4.90 Å². The SMILES string of the molecule is Cc1cccc(C2=C(c3ccc(/C=C4/CCN(CCC(F)F)C4)cc3)c3ccc(C(=O)O)cc3CCC2)c1C(F)(F)F. The van der Waals surface area contributed by atoms with E-state index in [0.29, 0.717) is 43.5 Å². The number of nitrogens with zero attached hydrogens (tertiary/aromatic N) is 1. The number of allylic oxidation sites excluding steroid dienone is 1. The van der Waals surface area contributed by atoms with Gasteiger partial charge in [0.25, 0.3) is 0 Å². The summed E-state index contributed by atoms with van der Waals surface area (Å²) in [6, 6.07) is 17.1. The van der Waals surface area contributed by atoms with Gasteiger partial charge in [-0.15, -0.1) is 0 Å². The van der Waals surface area contributed by atoms with Crippen molar-refractivity contribution in [3.05, 3.63) is 111 Å². The maximum absolute atomic E-state index is 14.4. The van der Waals surface area contributed by atoms with Gasteiger partial charge >= 0.3 is 12.1 Å². The van der Waals surface area contributed by atoms with Crippen molar-refractivity contribution in [2.75, 3.05) is 19.6 Å². The quantitative estimate of drug-likeness (QED) is 0.284. The molecule has 5 rings (SSSR count). The molecule has 8 heteroatoms. The third-order valence-corrected chi connectivity index (χ3v) is 8.09. The van der Waals surface area contributed by atoms with Gasteiger partial charge in [-0.2, -0.15) is 13.2 Å². The highest BCUT2D eigenvalue weighted by atomic mass is 19.4. The number of likely N-dealkylation sites (tertiary alicyclic amines) is 1. The number of benzene rings is 3. The molecule has 0 saturated carbocycles. The molecule has 0 aromatic heterocycles. The molecule has 3 aromatic rings. The van der Waals surface area contributed by atoms with E-state index in [1.54, 1.807) is 18.2 Å². The van der Waals surface area contributed by atoms with Crippen molar-refractivity contribution in [2.45, 2.75) is 51.6 Å². The van der Waals surface area contributed by atoms with Gasteiger partial charge in [0.15, 0.2) is 0 Å². The lowest BCUT2D eigenvalue weighted by Gasteiger charge is -2.21. The highest BCUT2D eigenvalue weighted by Gasteiger charge is 2.36. The first kappa shape index (κ1) is 29.7. The predicted octanol–water partition coefficient (Wildman–Crippen LogP) is 8.75. The molecule has 3 aromatic carbocycles. The van der Waals surface area contributed by atoms with Gasteiger partial charge in [0, 0.05) is 26.1 Å². The van der Waals surface area contributed by atoms with Gasteiger partial charge in [0.05, 0.1) is 11.1 Å². The fourth-order valence-electron chi connectivity index (χ4n) is 6.13. The van der Waals surface area contributed by atoms with Crippen LogP contribution in [0, 0.1) is 6.92 Å². The first-order valence-corrected chi connectivity index (χ1v) is 14.1. The minimum atomic E-state index is -4.54. The maximum Gasteiger partial charge on any atom is 0.417 e. The largest absolute Gasteiger partial charge is 0.478 e. The van der Waals surface area contributed by atoms with E-state index in [1.165, 1.54) is 25.1 Å². The van der Waals surface area contributed by atoms with E-state index in [9.17, 15) is 31.9 Å². The van der Waals surface area contributed by atoms with Crippen molar-refractivity contribution < 1.29 is 31.9 Å². The van der Waals surface area contributed by atoms with Crippen molar-refractivity contribution >= 4 is 23.2 Å². The number of hydrogen-bond acceptors (Lipinski definition) is 2. The lowest BCUT2D eigenvalue weighted by molar-refractivity contribution is -0.138. The van der Waals surface area contributed by atoms with E-state index in [-0.39, 0.29) is 23.1 Å². The van der Waals surface area contributed by atoms with Crippen LogP contribution in [0.2, 0.25) is 0 Å². The molecule has 0 spiro atoms. The van der Waals surface area contributed by atoms with Crippen LogP contribution in [-0.4, -0.2) is 42.0 Å². The summed E-state index contributed by atoms with van der Waals surface area (Å²) in [5, 5.41) is 9.57. The lowest BCUT2D eigenvalue weighted by Crippen LogP contribution is -2.22. The third kappa shape index (κ3) is 6.49. The van der Waals surface area contributed by atoms with Gasteiger partial charge in [0.1, 0.15) is 0 Å². The molecule has 1 aliphatic carbocycles. The van der Waals surface area contributed by atoms with Crippen molar-refractivity contribution in [3.63, 3.8) is 0 Å². The summed E-state index contributed by atoms with van der Waals surface area (Å²) >= 11 is 0. The predicted molar refractivity (Wildman–Crippen MR) is 155 cm³/mol. The fraction of sp³-hybridized carbons (Fsp3) is 0.324. The molecule has 42 heavy (non-hydrogen) atoms. The minimum absolute atomic E-state index is 0.143. The van der Waals surface area contributed by atoms with Crippen LogP contribution in [0.3, 0.4) is 0 Å². The number of aryl methyl sites for hydroxylation is 2. The molecule has 1 N–H and O–H groups in total. The Morgan fingerprint density at radius 3 is 2.45 bits per heavy atom. The molecule has 1 aliphatic heterocycles. The highest BCUT2D eigenvalue weighted by molar-refractivity contribution is 6.01. The van der Waals surface area contributed by atoms with Crippen LogP contribution in [-0.2, 0) is 12.6 Å². The van der Waals surface area contributed by atoms with Crippen LogP contribution < -0.4 is 0 Å². The second-order valence-electron chi connectivity index (χ2n) is 11.0. The van der Waals surface area contributed by atoms with E-state index in [1.807, 2.05) is 35.2 Å². The van der Waals surface area contributed by atoms with Crippen LogP contribution in [0.15, 0.2) is 66.2 Å². The molecule has 3 nitrogen and oxygen atoms in total. The molecule has 1 heterocycles. The summed E-state index contributed by atoms with van der Waals surface area (Å²) in [5.74, 6) is -1.05. The van der Waals surface area contributed by atoms with Crippen molar-refractivity contribution in [3.8, 4) is 0 Å². The van der Waals surface area contributed by atoms with E-state index < -0.39 is 24.1 Å². The Balaban J connectivity index is 1.59. The Kier molecular flexibility index (Phi) is 8.64. The van der Waals surface area contributed by atoms with Crippen LogP contribution in [0.4, 0.5) is 22.0 Å². The van der Waals surface area contributed by atoms with Crippen LogP contribution >= 0.6 is 0 Å². The summed E-state index contributed by atoms with van der Waals surface area (Å²) < 4.78 is 68.3. The van der Waals surface area contributed by atoms with Crippen LogP contribution in [0.1, 0.15) is 75.0 Å². The van der Waals surface area contributed by atoms with Crippen LogP contribution in [0.5, 0.6) is 0 Å². The zero-order chi connectivity index (χ0) is 30.0. The molecule has 0 radical (unpaired) electrons. The van der Waals surface area contributed by atoms with E-state index in [0.717, 1.165) is 40.8 Å². The van der Waals surface area contributed by atoms with Crippen LogP contribution in [0.25, 0.3) is 17.2 Å². The number of rotatable bonds is 7. The van der Waals surface area contributed by atoms with Crippen molar-refractivity contribution in [1.82, 2.24) is 4.90 Å². The number of carbonyl (C=O) groups is 1. The first-order chi connectivity index (χ1) is 20.0. The smallest absolute Gasteiger partial charge is 0.417 e. The Bertz CT molecular complexity index is 1540. The molecule has 1 saturated heterocycles. The third-order valence-electron chi connectivity index (χ3n) is 8.09. The Labute approximate surface area is 242 Å². The molecular formula is C34H32F5NO2. The Morgan fingerprint density at radius 1 is 1.00 bits per heavy atom. The van der Waals surface area contributed by atoms with E-state index >= 15 is 0 Å². The monoisotopic (exact) mass is 581 g/mol. The Hall–Kier alpha value is -3.78. The zero-order valence-corrected chi connectivity index (χ0v) is 23.3. The molecule has 0 unspecified atom stereocenters. The van der Waals surface area contributed by atoms with Gasteiger partial charge in [-0.05, 0) is 89.3 Å². The lowest BCUT2D eigenvalue weighted by atomic mass is 9.84. The topological polar surface area (TPSA) is 40.5 Å². The summed E-state index contributed by atoms with van der Waals surface area (Å²) in [5.41, 5.74) is 5.40. The molecule has 2 aliphatic rings. The summed E-state index contributed by atoms with van der Waals surface area (Å²) in [7, 11) is 0. The van der Waals surface area contributed by atoms with Gasteiger partial charge in [0.2, 0.25) is 6.43 Å². The van der Waals surface area contributed by atoms with Gasteiger partial charge < -0.3 is 5.11 Å². The van der Waals surface area contributed by atoms with Crippen molar-refractivity contribution in [1.29, 1.82) is 0 Å². The Morgan fingerprint density at radius 2 is 1.76 bits per heavy atom. The normalized spacial score (nSPS) is 17.2. The molecule has 1 fully saturated rings. The second kappa shape index (κ2) is 12.2. The number of carboxylic acid groups (broad SMARTS) is 1. The zero-order valence-electron chi connectivity index (χ0n) is 23.3. The van der Waals surface area contributed by atoms with Crippen molar-refractivity contribution in [2.24, 2.45) is 0 Å². The first-order valence-electron chi connectivity index (χ1n) is 14.1. The van der Waals surface area contributed by atoms with Gasteiger partial charge in [-0.1, -0.05) is 60.2 Å². The molecular weight excluding hydrogens is 549 g/mol. The maximum atomic E-state index is 14.4. The average Bonchev–Trinajstić information content (AvgIpc) is 3.29. The number of carboxylic acids is 1. The number of aromatic carboxylic acids is 1. The number of halogens is 5. The fourth-order valence-corrected chi connectivity index (χ4v) is 6.13. The standard InChI is InChI=1S/C34H32F5NO2/c1-21-4-2-7-29(32(21)34(37,38)39)28-6-3-5-25-19-26(33(41)42)12-13-27(25)31(28)24-10-8-22(9-11-24)18-23-14-16-40(20-23)17-15-30(35)36/h2,4,7-13,18-19,30H,3,5-6,14-17,20H2,1H3,(H,41,42)/b23-18-. The summed E-state index contributed by atoms with van der Waals surface area (Å²) in [4.78, 5) is 13.7. The number of hydrogen-bond donors (Lipinski definition) is 1. The number of alkyl halides is 5. The molecule has 0 atom stereocenters. The highest BCUT2D eigenvalue weighted by Crippen LogP contribution is 2.45. The summed E-state index contributed by atoms with van der Waals surface area (Å²) in [6.45, 7) is 3.19. The van der Waals surface area contributed by atoms with E-state index in [4.69, 9.17) is 0 Å². The average molecular weight is 582 g/mol. The molecule has 220 valence electrons. The van der Waals surface area contributed by atoms with Gasteiger partial charge in [-0.25, -0.2) is 13.6 Å². The molecule has 0 bridgehead atoms. The van der Waals surface area contributed by atoms with E-state index in [2.05, 4.69) is 0 Å². The second-order valence-corrected chi connectivity index (χ2v) is 11.0. The number of fused-ring (bicyclic) bond motifs is 1. The summed E-state index contributed by atoms with van der Waals surface area (Å²) in [6.07, 6.45) is -2.64.